The maximum Gasteiger partial charge on any atom is 0.250 e. The van der Waals surface area contributed by atoms with Crippen LogP contribution in [0, 0.1) is 0 Å². The molecule has 2 heterocycles. The van der Waals surface area contributed by atoms with E-state index in [0.29, 0.717) is 21.0 Å². The van der Waals surface area contributed by atoms with Gasteiger partial charge in [0.1, 0.15) is 0 Å². The van der Waals surface area contributed by atoms with Crippen LogP contribution in [0.15, 0.2) is 58.9 Å². The fraction of sp³-hybridized carbons (Fsp3) is 0.100. The van der Waals surface area contributed by atoms with Gasteiger partial charge in [0.05, 0.1) is 5.75 Å². The summed E-state index contributed by atoms with van der Waals surface area (Å²) in [6.45, 7) is 0.203. The second-order valence-corrected chi connectivity index (χ2v) is 8.21. The van der Waals surface area contributed by atoms with E-state index in [2.05, 4.69) is 20.8 Å². The van der Waals surface area contributed by atoms with Gasteiger partial charge in [0.25, 0.3) is 0 Å². The third-order valence-electron chi connectivity index (χ3n) is 3.84. The van der Waals surface area contributed by atoms with Crippen LogP contribution in [0.3, 0.4) is 0 Å². The third kappa shape index (κ3) is 5.37. The average Bonchev–Trinajstić information content (AvgIpc) is 3.40. The lowest BCUT2D eigenvalue weighted by Gasteiger charge is -2.02. The molecule has 1 aliphatic rings. The summed E-state index contributed by atoms with van der Waals surface area (Å²) in [5, 5.41) is 13.7. The molecule has 2 aromatic carbocycles. The van der Waals surface area contributed by atoms with E-state index < -0.39 is 0 Å². The molecule has 10 heteroatoms. The number of carbonyl (C=O) groups is 2. The lowest BCUT2D eigenvalue weighted by atomic mass is 10.2. The van der Waals surface area contributed by atoms with Crippen molar-refractivity contribution in [1.82, 2.24) is 10.2 Å². The molecule has 0 spiro atoms. The third-order valence-corrected chi connectivity index (χ3v) is 5.82. The highest BCUT2D eigenvalue weighted by atomic mass is 32.2. The van der Waals surface area contributed by atoms with Gasteiger partial charge in [-0.1, -0.05) is 47.4 Å². The first-order valence-electron chi connectivity index (χ1n) is 8.86. The molecule has 4 rings (SSSR count). The van der Waals surface area contributed by atoms with Crippen molar-refractivity contribution in [2.24, 2.45) is 0 Å². The van der Waals surface area contributed by atoms with Gasteiger partial charge in [-0.05, 0) is 35.9 Å². The minimum Gasteiger partial charge on any atom is -0.454 e. The second-order valence-electron chi connectivity index (χ2n) is 6.01. The maximum absolute atomic E-state index is 12.1. The number of ether oxygens (including phenoxy) is 2. The number of thioether (sulfide) groups is 1. The zero-order valence-corrected chi connectivity index (χ0v) is 17.2. The molecule has 8 nitrogen and oxygen atoms in total. The predicted octanol–water partition coefficient (Wildman–Crippen LogP) is 3.65. The Morgan fingerprint density at radius 1 is 1.07 bits per heavy atom. The molecule has 0 unspecified atom stereocenters. The van der Waals surface area contributed by atoms with Crippen LogP contribution in [-0.4, -0.2) is 34.6 Å². The molecule has 1 aliphatic heterocycles. The first-order valence-corrected chi connectivity index (χ1v) is 10.7. The molecule has 2 N–H and O–H groups in total. The van der Waals surface area contributed by atoms with Crippen LogP contribution < -0.4 is 20.1 Å². The van der Waals surface area contributed by atoms with E-state index in [1.807, 2.05) is 36.4 Å². The fourth-order valence-electron chi connectivity index (χ4n) is 2.50. The molecule has 0 bridgehead atoms. The number of nitrogens with one attached hydrogen (secondary N) is 2. The summed E-state index contributed by atoms with van der Waals surface area (Å²) in [5.41, 5.74) is 1.55. The van der Waals surface area contributed by atoms with E-state index >= 15 is 0 Å². The Morgan fingerprint density at radius 2 is 1.90 bits per heavy atom. The van der Waals surface area contributed by atoms with Crippen molar-refractivity contribution in [2.75, 3.05) is 23.2 Å². The fourth-order valence-corrected chi connectivity index (χ4v) is 4.06. The van der Waals surface area contributed by atoms with Crippen LogP contribution >= 0.6 is 23.1 Å². The molecule has 0 atom stereocenters. The second kappa shape index (κ2) is 9.42. The molecule has 0 saturated heterocycles. The summed E-state index contributed by atoms with van der Waals surface area (Å²) < 4.78 is 11.2. The number of aromatic nitrogens is 2. The normalized spacial score (nSPS) is 12.1. The van der Waals surface area contributed by atoms with Crippen LogP contribution in [0.1, 0.15) is 5.56 Å². The number of nitrogens with zero attached hydrogens (tertiary/aromatic N) is 2. The first kappa shape index (κ1) is 19.9. The molecule has 0 aliphatic carbocycles. The van der Waals surface area contributed by atoms with Gasteiger partial charge in [0.15, 0.2) is 15.8 Å². The Hall–Kier alpha value is -3.37. The number of benzene rings is 2. The van der Waals surface area contributed by atoms with Crippen LogP contribution in [-0.2, 0) is 9.59 Å². The maximum atomic E-state index is 12.1. The predicted molar refractivity (Wildman–Crippen MR) is 116 cm³/mol. The molecular weight excluding hydrogens is 424 g/mol. The van der Waals surface area contributed by atoms with Gasteiger partial charge < -0.3 is 14.8 Å². The topological polar surface area (TPSA) is 102 Å². The van der Waals surface area contributed by atoms with Gasteiger partial charge in [0.2, 0.25) is 23.7 Å². The molecule has 2 amide bonds. The summed E-state index contributed by atoms with van der Waals surface area (Å²) in [4.78, 5) is 24.1. The average molecular weight is 441 g/mol. The number of carbonyl (C=O) groups excluding carboxylic acids is 2. The highest BCUT2D eigenvalue weighted by Crippen LogP contribution is 2.32. The number of amides is 2. The van der Waals surface area contributed by atoms with Gasteiger partial charge >= 0.3 is 0 Å². The smallest absolute Gasteiger partial charge is 0.250 e. The first-order chi connectivity index (χ1) is 14.7. The quantitative estimate of drug-likeness (QED) is 0.328. The van der Waals surface area contributed by atoms with Crippen LogP contribution in [0.5, 0.6) is 11.5 Å². The summed E-state index contributed by atoms with van der Waals surface area (Å²) >= 11 is 2.46. The lowest BCUT2D eigenvalue weighted by molar-refractivity contribution is -0.114. The van der Waals surface area contributed by atoms with Gasteiger partial charge in [-0.15, -0.1) is 10.2 Å². The lowest BCUT2D eigenvalue weighted by Crippen LogP contribution is -2.13. The van der Waals surface area contributed by atoms with E-state index in [0.717, 1.165) is 11.3 Å². The van der Waals surface area contributed by atoms with Crippen molar-refractivity contribution in [1.29, 1.82) is 0 Å². The van der Waals surface area contributed by atoms with Crippen molar-refractivity contribution in [3.05, 3.63) is 60.2 Å². The number of para-hydroxylation sites is 1. The molecule has 3 aromatic rings. The number of hydrogen-bond donors (Lipinski definition) is 2. The molecule has 1 aromatic heterocycles. The SMILES string of the molecule is O=C(/C=C/c1ccc2c(c1)OCO2)Nc1nnc(SCC(=O)Nc2ccccc2)s1. The largest absolute Gasteiger partial charge is 0.454 e. The van der Waals surface area contributed by atoms with Crippen LogP contribution in [0.25, 0.3) is 6.08 Å². The summed E-state index contributed by atoms with van der Waals surface area (Å²) in [7, 11) is 0. The Kier molecular flexibility index (Phi) is 6.26. The van der Waals surface area contributed by atoms with Gasteiger partial charge in [-0.3, -0.25) is 14.9 Å². The van der Waals surface area contributed by atoms with Crippen molar-refractivity contribution in [2.45, 2.75) is 4.34 Å². The summed E-state index contributed by atoms with van der Waals surface area (Å²) in [6.07, 6.45) is 3.07. The van der Waals surface area contributed by atoms with Gasteiger partial charge in [-0.25, -0.2) is 0 Å². The van der Waals surface area contributed by atoms with Crippen molar-refractivity contribution < 1.29 is 19.1 Å². The van der Waals surface area contributed by atoms with Crippen molar-refractivity contribution in [3.8, 4) is 11.5 Å². The van der Waals surface area contributed by atoms with E-state index in [4.69, 9.17) is 9.47 Å². The van der Waals surface area contributed by atoms with Crippen LogP contribution in [0.4, 0.5) is 10.8 Å². The van der Waals surface area contributed by atoms with Crippen LogP contribution in [0.2, 0.25) is 0 Å². The number of hydrogen-bond acceptors (Lipinski definition) is 8. The highest BCUT2D eigenvalue weighted by Gasteiger charge is 2.13. The van der Waals surface area contributed by atoms with Gasteiger partial charge in [0, 0.05) is 11.8 Å². The molecular formula is C20H16N4O4S2. The zero-order chi connectivity index (χ0) is 20.8. The summed E-state index contributed by atoms with van der Waals surface area (Å²) in [5.74, 6) is 1.06. The highest BCUT2D eigenvalue weighted by molar-refractivity contribution is 8.01. The molecule has 0 radical (unpaired) electrons. The minimum atomic E-state index is -0.331. The number of rotatable bonds is 7. The van der Waals surface area contributed by atoms with E-state index in [1.54, 1.807) is 18.2 Å². The standard InChI is InChI=1S/C20H16N4O4S2/c25-17(9-7-13-6-8-15-16(10-13)28-12-27-15)22-19-23-24-20(30-19)29-11-18(26)21-14-4-2-1-3-5-14/h1-10H,11-12H2,(H,21,26)(H,22,23,25)/b9-7+. The summed E-state index contributed by atoms with van der Waals surface area (Å²) in [6, 6.07) is 14.6. The minimum absolute atomic E-state index is 0.140. The molecule has 0 fully saturated rings. The van der Waals surface area contributed by atoms with Crippen molar-refractivity contribution >= 4 is 51.8 Å². The molecule has 30 heavy (non-hydrogen) atoms. The Labute approximate surface area is 180 Å². The number of fused-ring (bicyclic) bond motifs is 1. The van der Waals surface area contributed by atoms with E-state index in [1.165, 1.54) is 29.2 Å². The van der Waals surface area contributed by atoms with Crippen molar-refractivity contribution in [3.63, 3.8) is 0 Å². The monoisotopic (exact) mass is 440 g/mol. The Balaban J connectivity index is 1.25. The van der Waals surface area contributed by atoms with E-state index in [-0.39, 0.29) is 24.4 Å². The molecule has 152 valence electrons. The zero-order valence-electron chi connectivity index (χ0n) is 15.5. The number of anilines is 2. The van der Waals surface area contributed by atoms with Gasteiger partial charge in [-0.2, -0.15) is 0 Å². The molecule has 0 saturated carbocycles. The Bertz CT molecular complexity index is 1090. The van der Waals surface area contributed by atoms with E-state index in [9.17, 15) is 9.59 Å². The Morgan fingerprint density at radius 3 is 2.77 bits per heavy atom.